The van der Waals surface area contributed by atoms with Crippen LogP contribution in [-0.4, -0.2) is 48.7 Å². The summed E-state index contributed by atoms with van der Waals surface area (Å²) in [5.41, 5.74) is 1.23. The fourth-order valence-corrected chi connectivity index (χ4v) is 3.60. The molecule has 0 spiro atoms. The molecule has 7 heteroatoms. The number of rotatable bonds is 9. The van der Waals surface area contributed by atoms with E-state index in [0.717, 1.165) is 50.7 Å². The van der Waals surface area contributed by atoms with E-state index in [4.69, 9.17) is 9.41 Å². The number of aliphatic imine (C=N–C) groups is 1. The van der Waals surface area contributed by atoms with Crippen LogP contribution in [0.5, 0.6) is 5.75 Å². The van der Waals surface area contributed by atoms with Gasteiger partial charge in [0.1, 0.15) is 11.5 Å². The fourth-order valence-electron chi connectivity index (χ4n) is 3.60. The van der Waals surface area contributed by atoms with Gasteiger partial charge in [0, 0.05) is 13.1 Å². The molecule has 1 aromatic heterocycles. The summed E-state index contributed by atoms with van der Waals surface area (Å²) in [6.45, 7) is 6.66. The second-order valence-electron chi connectivity index (χ2n) is 7.19. The molecule has 1 unspecified atom stereocenters. The molecule has 2 aromatic rings. The minimum Gasteiger partial charge on any atom is -0.508 e. The number of aryl methyl sites for hydroxylation is 1. The van der Waals surface area contributed by atoms with Crippen molar-refractivity contribution >= 4 is 29.9 Å². The maximum absolute atomic E-state index is 9.36. The highest BCUT2D eigenvalue weighted by Crippen LogP contribution is 2.25. The van der Waals surface area contributed by atoms with Gasteiger partial charge in [-0.05, 0) is 75.5 Å². The molecule has 3 N–H and O–H groups in total. The van der Waals surface area contributed by atoms with Crippen LogP contribution in [0, 0.1) is 0 Å². The Balaban J connectivity index is 0.00000300. The van der Waals surface area contributed by atoms with Gasteiger partial charge >= 0.3 is 0 Å². The van der Waals surface area contributed by atoms with Crippen LogP contribution in [0.25, 0.3) is 0 Å². The second kappa shape index (κ2) is 12.7. The molecule has 1 atom stereocenters. The lowest BCUT2D eigenvalue weighted by Crippen LogP contribution is -2.39. The fraction of sp³-hybridized carbons (Fsp3) is 0.500. The monoisotopic (exact) mass is 512 g/mol. The van der Waals surface area contributed by atoms with Crippen molar-refractivity contribution in [1.82, 2.24) is 15.5 Å². The number of hydrogen-bond acceptors (Lipinski definition) is 4. The highest BCUT2D eigenvalue weighted by molar-refractivity contribution is 14.0. The SMILES string of the molecule is CCNC(=NCC(c1ccco1)N1CCCC1)NCCCc1ccc(O)cc1.I. The Morgan fingerprint density at radius 3 is 2.59 bits per heavy atom. The molecule has 160 valence electrons. The molecule has 1 aliphatic heterocycles. The Morgan fingerprint density at radius 1 is 1.17 bits per heavy atom. The highest BCUT2D eigenvalue weighted by atomic mass is 127. The number of nitrogens with one attached hydrogen (secondary N) is 2. The van der Waals surface area contributed by atoms with Crippen LogP contribution in [0.15, 0.2) is 52.1 Å². The number of aromatic hydroxyl groups is 1. The van der Waals surface area contributed by atoms with E-state index in [2.05, 4.69) is 28.5 Å². The number of phenolic OH excluding ortho intramolecular Hbond substituents is 1. The molecule has 0 saturated carbocycles. The normalized spacial score (nSPS) is 15.7. The van der Waals surface area contributed by atoms with Crippen molar-refractivity contribution in [3.05, 3.63) is 54.0 Å². The molecule has 1 fully saturated rings. The van der Waals surface area contributed by atoms with Crippen LogP contribution < -0.4 is 10.6 Å². The number of phenols is 1. The second-order valence-corrected chi connectivity index (χ2v) is 7.19. The molecule has 2 heterocycles. The average molecular weight is 512 g/mol. The molecular formula is C22H33IN4O2. The van der Waals surface area contributed by atoms with Crippen molar-refractivity contribution in [2.45, 2.75) is 38.6 Å². The van der Waals surface area contributed by atoms with Crippen molar-refractivity contribution in [3.8, 4) is 5.75 Å². The molecule has 0 radical (unpaired) electrons. The third-order valence-electron chi connectivity index (χ3n) is 5.09. The molecular weight excluding hydrogens is 479 g/mol. The van der Waals surface area contributed by atoms with E-state index in [-0.39, 0.29) is 30.0 Å². The van der Waals surface area contributed by atoms with Gasteiger partial charge in [-0.25, -0.2) is 0 Å². The van der Waals surface area contributed by atoms with E-state index in [0.29, 0.717) is 12.3 Å². The van der Waals surface area contributed by atoms with E-state index in [9.17, 15) is 5.11 Å². The third-order valence-corrected chi connectivity index (χ3v) is 5.09. The van der Waals surface area contributed by atoms with Crippen LogP contribution >= 0.6 is 24.0 Å². The zero-order valence-electron chi connectivity index (χ0n) is 17.1. The minimum atomic E-state index is 0. The standard InChI is InChI=1S/C22H32N4O2.HI/c1-2-23-22(24-13-5-7-18-9-11-19(27)12-10-18)25-17-20(21-8-6-16-28-21)26-14-3-4-15-26;/h6,8-12,16,20,27H,2-5,7,13-15,17H2,1H3,(H2,23,24,25);1H. The van der Waals surface area contributed by atoms with Gasteiger partial charge in [0.25, 0.3) is 0 Å². The maximum atomic E-state index is 9.36. The van der Waals surface area contributed by atoms with Gasteiger partial charge in [-0.2, -0.15) is 0 Å². The largest absolute Gasteiger partial charge is 0.508 e. The lowest BCUT2D eigenvalue weighted by atomic mass is 10.1. The smallest absolute Gasteiger partial charge is 0.191 e. The molecule has 1 saturated heterocycles. The third kappa shape index (κ3) is 7.54. The Bertz CT molecular complexity index is 713. The average Bonchev–Trinajstić information content (AvgIpc) is 3.41. The topological polar surface area (TPSA) is 73.0 Å². The van der Waals surface area contributed by atoms with Gasteiger partial charge in [0.2, 0.25) is 0 Å². The van der Waals surface area contributed by atoms with Gasteiger partial charge in [0.15, 0.2) is 5.96 Å². The summed E-state index contributed by atoms with van der Waals surface area (Å²) in [4.78, 5) is 7.30. The summed E-state index contributed by atoms with van der Waals surface area (Å²) in [6, 6.07) is 11.6. The summed E-state index contributed by atoms with van der Waals surface area (Å²) in [7, 11) is 0. The summed E-state index contributed by atoms with van der Waals surface area (Å²) in [5.74, 6) is 2.16. The maximum Gasteiger partial charge on any atom is 0.191 e. The van der Waals surface area contributed by atoms with E-state index in [1.807, 2.05) is 18.2 Å². The van der Waals surface area contributed by atoms with Crippen molar-refractivity contribution in [1.29, 1.82) is 0 Å². The molecule has 0 amide bonds. The van der Waals surface area contributed by atoms with E-state index in [1.165, 1.54) is 18.4 Å². The predicted octanol–water partition coefficient (Wildman–Crippen LogP) is 3.93. The molecule has 0 bridgehead atoms. The van der Waals surface area contributed by atoms with Crippen molar-refractivity contribution < 1.29 is 9.52 Å². The Kier molecular flexibility index (Phi) is 10.3. The quantitative estimate of drug-likeness (QED) is 0.206. The molecule has 6 nitrogen and oxygen atoms in total. The molecule has 29 heavy (non-hydrogen) atoms. The predicted molar refractivity (Wildman–Crippen MR) is 128 cm³/mol. The molecule has 1 aromatic carbocycles. The Labute approximate surface area is 190 Å². The number of likely N-dealkylation sites (tertiary alicyclic amines) is 1. The van der Waals surface area contributed by atoms with Gasteiger partial charge in [-0.3, -0.25) is 9.89 Å². The van der Waals surface area contributed by atoms with Gasteiger partial charge in [-0.1, -0.05) is 12.1 Å². The lowest BCUT2D eigenvalue weighted by Gasteiger charge is -2.24. The minimum absolute atomic E-state index is 0. The summed E-state index contributed by atoms with van der Waals surface area (Å²) >= 11 is 0. The lowest BCUT2D eigenvalue weighted by molar-refractivity contribution is 0.221. The van der Waals surface area contributed by atoms with Crippen molar-refractivity contribution in [2.75, 3.05) is 32.7 Å². The number of guanidine groups is 1. The number of hydrogen-bond donors (Lipinski definition) is 3. The first-order valence-electron chi connectivity index (χ1n) is 10.3. The van der Waals surface area contributed by atoms with Crippen LogP contribution in [-0.2, 0) is 6.42 Å². The van der Waals surface area contributed by atoms with Crippen molar-refractivity contribution in [2.24, 2.45) is 4.99 Å². The van der Waals surface area contributed by atoms with E-state index >= 15 is 0 Å². The van der Waals surface area contributed by atoms with Crippen LogP contribution in [0.1, 0.15) is 43.6 Å². The zero-order valence-corrected chi connectivity index (χ0v) is 19.5. The number of benzene rings is 1. The first-order chi connectivity index (χ1) is 13.8. The molecule has 3 rings (SSSR count). The zero-order chi connectivity index (χ0) is 19.6. The van der Waals surface area contributed by atoms with Gasteiger partial charge < -0.3 is 20.2 Å². The van der Waals surface area contributed by atoms with Crippen LogP contribution in [0.4, 0.5) is 0 Å². The van der Waals surface area contributed by atoms with Crippen LogP contribution in [0.3, 0.4) is 0 Å². The van der Waals surface area contributed by atoms with Gasteiger partial charge in [0.05, 0.1) is 18.8 Å². The first-order valence-corrected chi connectivity index (χ1v) is 10.3. The number of nitrogens with zero attached hydrogens (tertiary/aromatic N) is 2. The summed E-state index contributed by atoms with van der Waals surface area (Å²) < 4.78 is 5.69. The summed E-state index contributed by atoms with van der Waals surface area (Å²) in [5, 5.41) is 16.1. The Hall–Kier alpha value is -1.74. The number of halogens is 1. The molecule has 1 aliphatic rings. The van der Waals surface area contributed by atoms with Crippen LogP contribution in [0.2, 0.25) is 0 Å². The van der Waals surface area contributed by atoms with E-state index in [1.54, 1.807) is 18.4 Å². The molecule has 0 aliphatic carbocycles. The highest BCUT2D eigenvalue weighted by Gasteiger charge is 2.25. The van der Waals surface area contributed by atoms with Crippen molar-refractivity contribution in [3.63, 3.8) is 0 Å². The first kappa shape index (κ1) is 23.5. The van der Waals surface area contributed by atoms with Gasteiger partial charge in [-0.15, -0.1) is 24.0 Å². The number of furan rings is 1. The van der Waals surface area contributed by atoms with E-state index < -0.39 is 0 Å². The summed E-state index contributed by atoms with van der Waals surface area (Å²) in [6.07, 6.45) is 6.21. The Morgan fingerprint density at radius 2 is 1.93 bits per heavy atom.